The number of likely N-dealkylation sites (tertiary alicyclic amines) is 1. The molecule has 3 rings (SSSR count). The molecule has 0 aliphatic carbocycles. The average molecular weight is 402 g/mol. The molecule has 1 saturated heterocycles. The van der Waals surface area contributed by atoms with Gasteiger partial charge in [-0.2, -0.15) is 0 Å². The molecule has 1 heterocycles. The smallest absolute Gasteiger partial charge is 0.259 e. The minimum absolute atomic E-state index is 0. The van der Waals surface area contributed by atoms with E-state index in [1.165, 1.54) is 0 Å². The van der Waals surface area contributed by atoms with Gasteiger partial charge in [0.2, 0.25) is 0 Å². The molecule has 0 atom stereocenters. The molecule has 0 unspecified atom stereocenters. The highest BCUT2D eigenvalue weighted by molar-refractivity contribution is 6.34. The van der Waals surface area contributed by atoms with Crippen molar-refractivity contribution in [3.63, 3.8) is 0 Å². The summed E-state index contributed by atoms with van der Waals surface area (Å²) in [6, 6.07) is 12.4. The molecule has 0 bridgehead atoms. The Hall–Kier alpha value is -1.46. The molecule has 4 nitrogen and oxygen atoms in total. The van der Waals surface area contributed by atoms with Gasteiger partial charge in [0.1, 0.15) is 17.1 Å². The fraction of sp³-hybridized carbons (Fsp3) is 0.278. The van der Waals surface area contributed by atoms with E-state index in [-0.39, 0.29) is 24.4 Å². The number of para-hydroxylation sites is 1. The van der Waals surface area contributed by atoms with Crippen molar-refractivity contribution in [2.45, 2.75) is 18.9 Å². The first-order valence-corrected chi connectivity index (χ1v) is 8.57. The van der Waals surface area contributed by atoms with Crippen molar-refractivity contribution >= 4 is 41.5 Å². The molecule has 0 spiro atoms. The number of hydrogen-bond acceptors (Lipinski definition) is 3. The fourth-order valence-electron chi connectivity index (χ4n) is 2.70. The standard InChI is InChI=1S/C18H18Cl2N2O2.ClH/c19-13-4-1-2-6-15(13)24-16-7-3-5-14(20)17(16)18(23)22-10-8-12(21)9-11-22;/h1-7,12H,8-11,21H2;1H. The number of ether oxygens (including phenoxy) is 1. The zero-order chi connectivity index (χ0) is 17.1. The summed E-state index contributed by atoms with van der Waals surface area (Å²) in [4.78, 5) is 14.7. The predicted octanol–water partition coefficient (Wildman–Crippen LogP) is 4.77. The van der Waals surface area contributed by atoms with E-state index in [0.29, 0.717) is 40.2 Å². The molecular weight excluding hydrogens is 383 g/mol. The SMILES string of the molecule is Cl.NC1CCN(C(=O)c2c(Cl)cccc2Oc2ccccc2Cl)CC1. The van der Waals surface area contributed by atoms with E-state index in [1.807, 2.05) is 12.1 Å². The first-order valence-electron chi connectivity index (χ1n) is 7.82. The van der Waals surface area contributed by atoms with Gasteiger partial charge in [0.05, 0.1) is 10.0 Å². The molecular formula is C18H19Cl3N2O2. The van der Waals surface area contributed by atoms with Crippen LogP contribution in [-0.4, -0.2) is 29.9 Å². The van der Waals surface area contributed by atoms with Crippen LogP contribution in [0.3, 0.4) is 0 Å². The number of amides is 1. The van der Waals surface area contributed by atoms with Gasteiger partial charge in [0, 0.05) is 19.1 Å². The molecule has 7 heteroatoms. The van der Waals surface area contributed by atoms with Crippen LogP contribution in [0.25, 0.3) is 0 Å². The van der Waals surface area contributed by atoms with Gasteiger partial charge in [-0.3, -0.25) is 4.79 Å². The first kappa shape index (κ1) is 19.9. The van der Waals surface area contributed by atoms with E-state index < -0.39 is 0 Å². The molecule has 134 valence electrons. The fourth-order valence-corrected chi connectivity index (χ4v) is 3.12. The van der Waals surface area contributed by atoms with Crippen LogP contribution in [0, 0.1) is 0 Å². The molecule has 0 aromatic heterocycles. The van der Waals surface area contributed by atoms with Crippen LogP contribution in [0.5, 0.6) is 11.5 Å². The molecule has 1 amide bonds. The van der Waals surface area contributed by atoms with Gasteiger partial charge in [0.15, 0.2) is 0 Å². The summed E-state index contributed by atoms with van der Waals surface area (Å²) in [7, 11) is 0. The molecule has 0 radical (unpaired) electrons. The molecule has 25 heavy (non-hydrogen) atoms. The van der Waals surface area contributed by atoms with Crippen molar-refractivity contribution in [2.24, 2.45) is 5.73 Å². The van der Waals surface area contributed by atoms with Crippen molar-refractivity contribution in [1.82, 2.24) is 4.90 Å². The quantitative estimate of drug-likeness (QED) is 0.806. The lowest BCUT2D eigenvalue weighted by molar-refractivity contribution is 0.0712. The van der Waals surface area contributed by atoms with Crippen LogP contribution in [0.4, 0.5) is 0 Å². The lowest BCUT2D eigenvalue weighted by Gasteiger charge is -2.30. The number of nitrogens with zero attached hydrogens (tertiary/aromatic N) is 1. The largest absolute Gasteiger partial charge is 0.455 e. The van der Waals surface area contributed by atoms with E-state index in [1.54, 1.807) is 35.2 Å². The van der Waals surface area contributed by atoms with Crippen LogP contribution in [-0.2, 0) is 0 Å². The van der Waals surface area contributed by atoms with Gasteiger partial charge in [0.25, 0.3) is 5.91 Å². The highest BCUT2D eigenvalue weighted by atomic mass is 35.5. The second-order valence-corrected chi connectivity index (χ2v) is 6.59. The van der Waals surface area contributed by atoms with Crippen LogP contribution in [0.1, 0.15) is 23.2 Å². The van der Waals surface area contributed by atoms with Gasteiger partial charge < -0.3 is 15.4 Å². The first-order chi connectivity index (χ1) is 11.6. The number of carbonyl (C=O) groups excluding carboxylic acids is 1. The Balaban J connectivity index is 0.00000225. The zero-order valence-corrected chi connectivity index (χ0v) is 15.8. The third kappa shape index (κ3) is 4.59. The molecule has 2 N–H and O–H groups in total. The molecule has 0 saturated carbocycles. The summed E-state index contributed by atoms with van der Waals surface area (Å²) in [6.07, 6.45) is 1.58. The molecule has 2 aromatic carbocycles. The normalized spacial score (nSPS) is 14.8. The summed E-state index contributed by atoms with van der Waals surface area (Å²) < 4.78 is 5.87. The number of rotatable bonds is 3. The van der Waals surface area contributed by atoms with Gasteiger partial charge >= 0.3 is 0 Å². The summed E-state index contributed by atoms with van der Waals surface area (Å²) in [6.45, 7) is 1.24. The number of nitrogens with two attached hydrogens (primary N) is 1. The van der Waals surface area contributed by atoms with Crippen LogP contribution >= 0.6 is 35.6 Å². The van der Waals surface area contributed by atoms with Gasteiger partial charge in [-0.1, -0.05) is 41.4 Å². The maximum Gasteiger partial charge on any atom is 0.259 e. The van der Waals surface area contributed by atoms with Crippen molar-refractivity contribution < 1.29 is 9.53 Å². The molecule has 1 fully saturated rings. The van der Waals surface area contributed by atoms with Gasteiger partial charge in [-0.25, -0.2) is 0 Å². The maximum atomic E-state index is 12.9. The highest BCUT2D eigenvalue weighted by Gasteiger charge is 2.26. The third-order valence-electron chi connectivity index (χ3n) is 4.07. The Morgan fingerprint density at radius 1 is 1.00 bits per heavy atom. The predicted molar refractivity (Wildman–Crippen MR) is 103 cm³/mol. The Labute approximate surface area is 163 Å². The number of carbonyl (C=O) groups is 1. The van der Waals surface area contributed by atoms with Gasteiger partial charge in [-0.15, -0.1) is 12.4 Å². The van der Waals surface area contributed by atoms with Crippen molar-refractivity contribution in [2.75, 3.05) is 13.1 Å². The van der Waals surface area contributed by atoms with Crippen LogP contribution in [0.2, 0.25) is 10.0 Å². The number of halogens is 3. The number of benzene rings is 2. The highest BCUT2D eigenvalue weighted by Crippen LogP contribution is 2.34. The number of piperidine rings is 1. The zero-order valence-electron chi connectivity index (χ0n) is 13.5. The Kier molecular flexibility index (Phi) is 6.96. The Morgan fingerprint density at radius 3 is 2.28 bits per heavy atom. The molecule has 1 aliphatic rings. The van der Waals surface area contributed by atoms with E-state index in [4.69, 9.17) is 33.7 Å². The second kappa shape index (κ2) is 8.77. The van der Waals surface area contributed by atoms with E-state index in [2.05, 4.69) is 0 Å². The minimum atomic E-state index is -0.144. The summed E-state index contributed by atoms with van der Waals surface area (Å²) in [5, 5.41) is 0.833. The monoisotopic (exact) mass is 400 g/mol. The summed E-state index contributed by atoms with van der Waals surface area (Å²) >= 11 is 12.4. The molecule has 2 aromatic rings. The van der Waals surface area contributed by atoms with Crippen molar-refractivity contribution in [3.8, 4) is 11.5 Å². The summed E-state index contributed by atoms with van der Waals surface area (Å²) in [5.41, 5.74) is 6.27. The third-order valence-corrected chi connectivity index (χ3v) is 4.70. The average Bonchev–Trinajstić information content (AvgIpc) is 2.57. The summed E-state index contributed by atoms with van der Waals surface area (Å²) in [5.74, 6) is 0.737. The van der Waals surface area contributed by atoms with Crippen molar-refractivity contribution in [1.29, 1.82) is 0 Å². The number of hydrogen-bond donors (Lipinski definition) is 1. The van der Waals surface area contributed by atoms with Crippen molar-refractivity contribution in [3.05, 3.63) is 58.1 Å². The van der Waals surface area contributed by atoms with E-state index in [0.717, 1.165) is 12.8 Å². The van der Waals surface area contributed by atoms with E-state index >= 15 is 0 Å². The van der Waals surface area contributed by atoms with E-state index in [9.17, 15) is 4.79 Å². The maximum absolute atomic E-state index is 12.9. The van der Waals surface area contributed by atoms with Gasteiger partial charge in [-0.05, 0) is 37.1 Å². The Morgan fingerprint density at radius 2 is 1.60 bits per heavy atom. The second-order valence-electron chi connectivity index (χ2n) is 5.78. The van der Waals surface area contributed by atoms with Crippen LogP contribution in [0.15, 0.2) is 42.5 Å². The minimum Gasteiger partial charge on any atom is -0.455 e. The Bertz CT molecular complexity index is 747. The molecule has 1 aliphatic heterocycles. The lowest BCUT2D eigenvalue weighted by atomic mass is 10.0. The topological polar surface area (TPSA) is 55.6 Å². The lowest BCUT2D eigenvalue weighted by Crippen LogP contribution is -2.43. The van der Waals surface area contributed by atoms with Crippen LogP contribution < -0.4 is 10.5 Å².